The lowest BCUT2D eigenvalue weighted by molar-refractivity contribution is -0.173. The predicted octanol–water partition coefficient (Wildman–Crippen LogP) is -2.03. The second kappa shape index (κ2) is 17.7. The van der Waals surface area contributed by atoms with Gasteiger partial charge in [-0.15, -0.1) is 0 Å². The zero-order valence-electron chi connectivity index (χ0n) is 24.7. The lowest BCUT2D eigenvalue weighted by Gasteiger charge is -2.29. The molecule has 4 unspecified atom stereocenters. The molecule has 1 fully saturated rings. The maximum absolute atomic E-state index is 12.5. The molecule has 1 heterocycles. The Hall–Kier alpha value is -4.32. The minimum atomic E-state index is -1.29. The van der Waals surface area contributed by atoms with E-state index in [1.807, 2.05) is 0 Å². The summed E-state index contributed by atoms with van der Waals surface area (Å²) in [5.41, 5.74) is 5.63. The minimum absolute atomic E-state index is 0.0934. The number of para-hydroxylation sites is 1. The smallest absolute Gasteiger partial charge is 0.341 e. The molecule has 244 valence electrons. The molecule has 9 N–H and O–H groups in total. The number of amides is 5. The standard InChI is InChI=1S/C27H41N7O10/c1-16(31-24(38)18(28)15-44-27(41)17-7-3-4-10-21(17)35)23(37)30-12-11-22(36)33(42)13-5-8-19(29-2)25(39)32-20-9-6-14-34(43)26(20)40/h3-4,7,10,16,18-20,29,35,42-43H,5-6,8-9,11-15,28H2,1-2H3,(H,30,37)(H,31,38)(H,32,39). The van der Waals surface area contributed by atoms with Gasteiger partial charge < -0.3 is 36.8 Å². The molecule has 1 aromatic rings. The van der Waals surface area contributed by atoms with Crippen LogP contribution in [0.5, 0.6) is 5.75 Å². The summed E-state index contributed by atoms with van der Waals surface area (Å²) < 4.78 is 4.95. The number of carbonyl (C=O) groups is 6. The van der Waals surface area contributed by atoms with Crippen molar-refractivity contribution in [2.45, 2.75) is 63.2 Å². The van der Waals surface area contributed by atoms with E-state index in [-0.39, 0.29) is 50.2 Å². The van der Waals surface area contributed by atoms with Crippen molar-refractivity contribution in [1.82, 2.24) is 31.4 Å². The molecule has 0 radical (unpaired) electrons. The molecular weight excluding hydrogens is 582 g/mol. The van der Waals surface area contributed by atoms with Crippen molar-refractivity contribution in [3.05, 3.63) is 29.8 Å². The number of piperidine rings is 1. The van der Waals surface area contributed by atoms with Gasteiger partial charge in [-0.1, -0.05) is 12.1 Å². The molecule has 1 saturated heterocycles. The highest BCUT2D eigenvalue weighted by Gasteiger charge is 2.31. The highest BCUT2D eigenvalue weighted by Crippen LogP contribution is 2.16. The first-order chi connectivity index (χ1) is 20.8. The van der Waals surface area contributed by atoms with Crippen molar-refractivity contribution in [3.63, 3.8) is 0 Å². The molecule has 0 aliphatic carbocycles. The van der Waals surface area contributed by atoms with Crippen molar-refractivity contribution in [1.29, 1.82) is 0 Å². The van der Waals surface area contributed by atoms with Gasteiger partial charge in [0.05, 0.1) is 6.04 Å². The van der Waals surface area contributed by atoms with Crippen LogP contribution in [0.2, 0.25) is 0 Å². The van der Waals surface area contributed by atoms with E-state index in [1.54, 1.807) is 7.05 Å². The maximum atomic E-state index is 12.5. The summed E-state index contributed by atoms with van der Waals surface area (Å²) in [4.78, 5) is 73.4. The van der Waals surface area contributed by atoms with E-state index in [0.29, 0.717) is 23.0 Å². The summed E-state index contributed by atoms with van der Waals surface area (Å²) >= 11 is 0. The summed E-state index contributed by atoms with van der Waals surface area (Å²) in [5.74, 6) is -4.28. The fourth-order valence-electron chi connectivity index (χ4n) is 4.17. The Labute approximate surface area is 254 Å². The fraction of sp³-hybridized carbons (Fsp3) is 0.556. The summed E-state index contributed by atoms with van der Waals surface area (Å²) in [6, 6.07) is 1.83. The quantitative estimate of drug-likeness (QED) is 0.0564. The first kappa shape index (κ1) is 35.9. The van der Waals surface area contributed by atoms with Crippen LogP contribution in [0.15, 0.2) is 24.3 Å². The number of esters is 1. The Kier molecular flexibility index (Phi) is 14.4. The van der Waals surface area contributed by atoms with Gasteiger partial charge in [0.2, 0.25) is 23.6 Å². The van der Waals surface area contributed by atoms with Gasteiger partial charge in [-0.3, -0.25) is 34.4 Å². The number of ether oxygens (including phenoxy) is 1. The zero-order valence-corrected chi connectivity index (χ0v) is 24.7. The molecule has 5 amide bonds. The molecule has 1 aliphatic heterocycles. The van der Waals surface area contributed by atoms with E-state index in [9.17, 15) is 44.3 Å². The first-order valence-corrected chi connectivity index (χ1v) is 14.1. The molecule has 0 saturated carbocycles. The van der Waals surface area contributed by atoms with E-state index in [0.717, 1.165) is 0 Å². The van der Waals surface area contributed by atoms with Crippen LogP contribution in [0, 0.1) is 0 Å². The molecule has 17 nitrogen and oxygen atoms in total. The molecular formula is C27H41N7O10. The number of hydrogen-bond donors (Lipinski definition) is 8. The minimum Gasteiger partial charge on any atom is -0.507 e. The van der Waals surface area contributed by atoms with Crippen LogP contribution in [0.1, 0.15) is 49.4 Å². The highest BCUT2D eigenvalue weighted by atomic mass is 16.5. The number of nitrogens with zero attached hydrogens (tertiary/aromatic N) is 2. The van der Waals surface area contributed by atoms with Crippen LogP contribution in [-0.2, 0) is 28.7 Å². The van der Waals surface area contributed by atoms with Gasteiger partial charge in [0.15, 0.2) is 0 Å². The van der Waals surface area contributed by atoms with Crippen LogP contribution >= 0.6 is 0 Å². The van der Waals surface area contributed by atoms with Crippen LogP contribution in [0.3, 0.4) is 0 Å². The second-order valence-corrected chi connectivity index (χ2v) is 10.2. The number of hydroxylamine groups is 4. The summed E-state index contributed by atoms with van der Waals surface area (Å²) in [6.07, 6.45) is 1.18. The van der Waals surface area contributed by atoms with E-state index in [4.69, 9.17) is 10.5 Å². The van der Waals surface area contributed by atoms with E-state index in [1.165, 1.54) is 31.2 Å². The van der Waals surface area contributed by atoms with Gasteiger partial charge in [0.25, 0.3) is 5.91 Å². The SMILES string of the molecule is CNC(CCCN(O)C(=O)CCNC(=O)C(C)NC(=O)C(N)COC(=O)c1ccccc1O)C(=O)NC1CCCN(O)C1=O. The molecule has 0 spiro atoms. The molecule has 4 atom stereocenters. The number of aromatic hydroxyl groups is 1. The van der Waals surface area contributed by atoms with Gasteiger partial charge in [-0.25, -0.2) is 14.9 Å². The van der Waals surface area contributed by atoms with Gasteiger partial charge in [-0.05, 0) is 51.8 Å². The molecule has 2 rings (SSSR count). The van der Waals surface area contributed by atoms with Crippen LogP contribution in [0.4, 0.5) is 0 Å². The first-order valence-electron chi connectivity index (χ1n) is 14.1. The fourth-order valence-corrected chi connectivity index (χ4v) is 4.17. The highest BCUT2D eigenvalue weighted by molar-refractivity contribution is 5.93. The van der Waals surface area contributed by atoms with Crippen molar-refractivity contribution >= 4 is 35.5 Å². The molecule has 0 bridgehead atoms. The average molecular weight is 624 g/mol. The van der Waals surface area contributed by atoms with Crippen molar-refractivity contribution in [3.8, 4) is 5.75 Å². The monoisotopic (exact) mass is 623 g/mol. The van der Waals surface area contributed by atoms with Crippen LogP contribution < -0.4 is 27.0 Å². The number of nitrogens with two attached hydrogens (primary N) is 1. The number of nitrogens with one attached hydrogen (secondary N) is 4. The Bertz CT molecular complexity index is 1180. The third-order valence-electron chi connectivity index (χ3n) is 6.79. The summed E-state index contributed by atoms with van der Waals surface area (Å²) in [5, 5.41) is 40.6. The number of rotatable bonds is 16. The number of benzene rings is 1. The Morgan fingerprint density at radius 3 is 2.55 bits per heavy atom. The van der Waals surface area contributed by atoms with Crippen molar-refractivity contribution in [2.75, 3.05) is 33.3 Å². The maximum Gasteiger partial charge on any atom is 0.341 e. The van der Waals surface area contributed by atoms with Gasteiger partial charge in [0.1, 0.15) is 36.0 Å². The van der Waals surface area contributed by atoms with Crippen LogP contribution in [-0.4, -0.2) is 119 Å². The number of likely N-dealkylation sites (N-methyl/N-ethyl adjacent to an activating group) is 1. The summed E-state index contributed by atoms with van der Waals surface area (Å²) in [6.45, 7) is 0.851. The van der Waals surface area contributed by atoms with Gasteiger partial charge >= 0.3 is 5.97 Å². The third-order valence-corrected chi connectivity index (χ3v) is 6.79. The lowest BCUT2D eigenvalue weighted by Crippen LogP contribution is -2.54. The predicted molar refractivity (Wildman–Crippen MR) is 152 cm³/mol. The van der Waals surface area contributed by atoms with Crippen molar-refractivity contribution in [2.24, 2.45) is 5.73 Å². The van der Waals surface area contributed by atoms with E-state index < -0.39 is 66.3 Å². The van der Waals surface area contributed by atoms with E-state index >= 15 is 0 Å². The third kappa shape index (κ3) is 11.1. The van der Waals surface area contributed by atoms with E-state index in [2.05, 4.69) is 21.3 Å². The average Bonchev–Trinajstić information content (AvgIpc) is 2.99. The van der Waals surface area contributed by atoms with Crippen LogP contribution in [0.25, 0.3) is 0 Å². The number of phenols is 1. The zero-order chi connectivity index (χ0) is 32.8. The normalized spacial score (nSPS) is 16.7. The largest absolute Gasteiger partial charge is 0.507 e. The Morgan fingerprint density at radius 2 is 1.86 bits per heavy atom. The number of hydrogen-bond acceptors (Lipinski definition) is 12. The topological polar surface area (TPSA) is 253 Å². The number of carbonyl (C=O) groups excluding carboxylic acids is 6. The molecule has 0 aromatic heterocycles. The van der Waals surface area contributed by atoms with Gasteiger partial charge in [0, 0.05) is 26.1 Å². The van der Waals surface area contributed by atoms with Gasteiger partial charge in [-0.2, -0.15) is 0 Å². The number of phenolic OH excluding ortho intramolecular Hbond substituents is 1. The van der Waals surface area contributed by atoms with Crippen molar-refractivity contribution < 1.29 is 49.0 Å². The second-order valence-electron chi connectivity index (χ2n) is 10.2. The molecule has 1 aromatic carbocycles. The molecule has 17 heteroatoms. The lowest BCUT2D eigenvalue weighted by atomic mass is 10.0. The summed E-state index contributed by atoms with van der Waals surface area (Å²) in [7, 11) is 1.56. The molecule has 44 heavy (non-hydrogen) atoms. The Morgan fingerprint density at radius 1 is 1.16 bits per heavy atom. The Balaban J connectivity index is 1.65. The molecule has 1 aliphatic rings.